The van der Waals surface area contributed by atoms with Crippen molar-refractivity contribution < 1.29 is 4.74 Å². The molecule has 0 atom stereocenters. The van der Waals surface area contributed by atoms with E-state index in [1.54, 1.807) is 7.11 Å². The minimum Gasteiger partial charge on any atom is -0.385 e. The zero-order valence-electron chi connectivity index (χ0n) is 16.6. The predicted molar refractivity (Wildman–Crippen MR) is 110 cm³/mol. The van der Waals surface area contributed by atoms with Gasteiger partial charge in [-0.1, -0.05) is 0 Å². The van der Waals surface area contributed by atoms with Crippen LogP contribution in [0.5, 0.6) is 0 Å². The van der Waals surface area contributed by atoms with E-state index in [2.05, 4.69) is 64.5 Å². The molecule has 0 aliphatic heterocycles. The number of aromatic nitrogens is 2. The van der Waals surface area contributed by atoms with Crippen LogP contribution >= 0.6 is 0 Å². The molecule has 1 aromatic heterocycles. The van der Waals surface area contributed by atoms with Crippen LogP contribution in [0.4, 0.5) is 23.0 Å². The summed E-state index contributed by atoms with van der Waals surface area (Å²) in [5.41, 5.74) is 3.50. The monoisotopic (exact) mass is 357 g/mol. The second kappa shape index (κ2) is 9.97. The number of ether oxygens (including phenoxy) is 1. The minimum absolute atomic E-state index is 0.736. The molecule has 0 spiro atoms. The molecule has 0 bridgehead atoms. The second-order valence-electron chi connectivity index (χ2n) is 6.26. The number of anilines is 4. The van der Waals surface area contributed by atoms with Gasteiger partial charge in [-0.05, 0) is 57.9 Å². The van der Waals surface area contributed by atoms with E-state index in [1.165, 1.54) is 11.3 Å². The highest BCUT2D eigenvalue weighted by molar-refractivity contribution is 5.66. The van der Waals surface area contributed by atoms with Crippen LogP contribution in [0.2, 0.25) is 0 Å². The molecule has 0 saturated heterocycles. The van der Waals surface area contributed by atoms with Crippen LogP contribution in [-0.2, 0) is 4.74 Å². The highest BCUT2D eigenvalue weighted by Crippen LogP contribution is 2.25. The molecule has 2 aromatic rings. The van der Waals surface area contributed by atoms with Crippen molar-refractivity contribution >= 4 is 23.0 Å². The van der Waals surface area contributed by atoms with Crippen LogP contribution in [0.25, 0.3) is 0 Å². The first-order valence-corrected chi connectivity index (χ1v) is 9.28. The fourth-order valence-electron chi connectivity index (χ4n) is 2.87. The maximum absolute atomic E-state index is 5.07. The molecule has 6 nitrogen and oxygen atoms in total. The van der Waals surface area contributed by atoms with Crippen molar-refractivity contribution in [2.24, 2.45) is 0 Å². The van der Waals surface area contributed by atoms with Gasteiger partial charge in [0.1, 0.15) is 17.5 Å². The van der Waals surface area contributed by atoms with Crippen molar-refractivity contribution in [3.05, 3.63) is 35.7 Å². The number of hydrogen-bond acceptors (Lipinski definition) is 6. The SMILES string of the molecule is CCN(CC)c1ccc(Nc2cc(NCCCOC)nc(C)n2)c(C)c1. The molecule has 0 saturated carbocycles. The van der Waals surface area contributed by atoms with Crippen molar-refractivity contribution in [3.8, 4) is 0 Å². The van der Waals surface area contributed by atoms with Crippen molar-refractivity contribution in [2.75, 3.05) is 48.9 Å². The zero-order chi connectivity index (χ0) is 18.9. The van der Waals surface area contributed by atoms with E-state index in [4.69, 9.17) is 4.74 Å². The molecule has 1 aromatic carbocycles. The lowest BCUT2D eigenvalue weighted by Gasteiger charge is -2.22. The predicted octanol–water partition coefficient (Wildman–Crippen LogP) is 4.13. The first-order valence-electron chi connectivity index (χ1n) is 9.28. The van der Waals surface area contributed by atoms with E-state index in [0.717, 1.165) is 55.8 Å². The summed E-state index contributed by atoms with van der Waals surface area (Å²) in [6.07, 6.45) is 0.939. The molecule has 0 unspecified atom stereocenters. The Morgan fingerprint density at radius 1 is 1.04 bits per heavy atom. The van der Waals surface area contributed by atoms with Crippen LogP contribution in [0.15, 0.2) is 24.3 Å². The topological polar surface area (TPSA) is 62.3 Å². The molecular formula is C20H31N5O. The molecule has 0 aliphatic carbocycles. The Bertz CT molecular complexity index is 701. The lowest BCUT2D eigenvalue weighted by Crippen LogP contribution is -2.21. The van der Waals surface area contributed by atoms with Gasteiger partial charge in [-0.2, -0.15) is 0 Å². The van der Waals surface area contributed by atoms with E-state index in [1.807, 2.05) is 13.0 Å². The third-order valence-electron chi connectivity index (χ3n) is 4.27. The number of benzene rings is 1. The standard InChI is InChI=1S/C20H31N5O/c1-6-25(7-2)17-9-10-18(15(3)13-17)24-20-14-19(22-16(4)23-20)21-11-8-12-26-5/h9-10,13-14H,6-8,11-12H2,1-5H3,(H2,21,22,23,24). The Balaban J connectivity index is 2.11. The smallest absolute Gasteiger partial charge is 0.136 e. The lowest BCUT2D eigenvalue weighted by atomic mass is 10.1. The van der Waals surface area contributed by atoms with E-state index < -0.39 is 0 Å². The van der Waals surface area contributed by atoms with Gasteiger partial charge >= 0.3 is 0 Å². The van der Waals surface area contributed by atoms with E-state index >= 15 is 0 Å². The van der Waals surface area contributed by atoms with Gasteiger partial charge in [-0.3, -0.25) is 0 Å². The van der Waals surface area contributed by atoms with Gasteiger partial charge in [0.15, 0.2) is 0 Å². The van der Waals surface area contributed by atoms with Crippen molar-refractivity contribution in [1.82, 2.24) is 9.97 Å². The number of methoxy groups -OCH3 is 1. The average Bonchev–Trinajstić information content (AvgIpc) is 2.62. The van der Waals surface area contributed by atoms with E-state index in [-0.39, 0.29) is 0 Å². The maximum atomic E-state index is 5.07. The largest absolute Gasteiger partial charge is 0.385 e. The molecule has 1 heterocycles. The molecule has 0 amide bonds. The molecule has 0 radical (unpaired) electrons. The van der Waals surface area contributed by atoms with Crippen molar-refractivity contribution in [3.63, 3.8) is 0 Å². The molecule has 6 heteroatoms. The Morgan fingerprint density at radius 3 is 2.42 bits per heavy atom. The number of hydrogen-bond donors (Lipinski definition) is 2. The van der Waals surface area contributed by atoms with Crippen LogP contribution < -0.4 is 15.5 Å². The number of rotatable bonds is 10. The Labute approximate surface area is 157 Å². The summed E-state index contributed by atoms with van der Waals surface area (Å²) >= 11 is 0. The summed E-state index contributed by atoms with van der Waals surface area (Å²) in [5.74, 6) is 2.36. The summed E-state index contributed by atoms with van der Waals surface area (Å²) < 4.78 is 5.07. The lowest BCUT2D eigenvalue weighted by molar-refractivity contribution is 0.198. The molecule has 0 fully saturated rings. The van der Waals surface area contributed by atoms with Crippen molar-refractivity contribution in [1.29, 1.82) is 0 Å². The molecule has 142 valence electrons. The summed E-state index contributed by atoms with van der Waals surface area (Å²) in [5, 5.41) is 6.75. The van der Waals surface area contributed by atoms with Gasteiger partial charge < -0.3 is 20.3 Å². The third kappa shape index (κ3) is 5.59. The number of nitrogens with one attached hydrogen (secondary N) is 2. The highest BCUT2D eigenvalue weighted by Gasteiger charge is 2.07. The summed E-state index contributed by atoms with van der Waals surface area (Å²) in [6, 6.07) is 8.43. The highest BCUT2D eigenvalue weighted by atomic mass is 16.5. The van der Waals surface area contributed by atoms with Crippen molar-refractivity contribution in [2.45, 2.75) is 34.1 Å². The van der Waals surface area contributed by atoms with E-state index in [0.29, 0.717) is 0 Å². The van der Waals surface area contributed by atoms with Gasteiger partial charge in [-0.25, -0.2) is 9.97 Å². The van der Waals surface area contributed by atoms with Gasteiger partial charge in [0.25, 0.3) is 0 Å². The summed E-state index contributed by atoms with van der Waals surface area (Å²) in [7, 11) is 1.71. The Kier molecular flexibility index (Phi) is 7.66. The minimum atomic E-state index is 0.736. The third-order valence-corrected chi connectivity index (χ3v) is 4.27. The quantitative estimate of drug-likeness (QED) is 0.623. The fourth-order valence-corrected chi connectivity index (χ4v) is 2.87. The number of aryl methyl sites for hydroxylation is 2. The normalized spacial score (nSPS) is 10.7. The van der Waals surface area contributed by atoms with Crippen LogP contribution in [-0.4, -0.2) is 43.3 Å². The first-order chi connectivity index (χ1) is 12.6. The molecule has 2 rings (SSSR count). The van der Waals surface area contributed by atoms with Gasteiger partial charge in [0, 0.05) is 50.8 Å². The van der Waals surface area contributed by atoms with Gasteiger partial charge in [-0.15, -0.1) is 0 Å². The van der Waals surface area contributed by atoms with Crippen LogP contribution in [0.3, 0.4) is 0 Å². The van der Waals surface area contributed by atoms with Crippen LogP contribution in [0, 0.1) is 13.8 Å². The molecule has 2 N–H and O–H groups in total. The van der Waals surface area contributed by atoms with Crippen LogP contribution in [0.1, 0.15) is 31.7 Å². The molecule has 0 aliphatic rings. The Hall–Kier alpha value is -2.34. The molecule has 26 heavy (non-hydrogen) atoms. The fraction of sp³-hybridized carbons (Fsp3) is 0.500. The zero-order valence-corrected chi connectivity index (χ0v) is 16.6. The van der Waals surface area contributed by atoms with Gasteiger partial charge in [0.2, 0.25) is 0 Å². The van der Waals surface area contributed by atoms with E-state index in [9.17, 15) is 0 Å². The number of nitrogens with zero attached hydrogens (tertiary/aromatic N) is 3. The second-order valence-corrected chi connectivity index (χ2v) is 6.26. The van der Waals surface area contributed by atoms with Gasteiger partial charge in [0.05, 0.1) is 0 Å². The summed E-state index contributed by atoms with van der Waals surface area (Å²) in [6.45, 7) is 11.9. The average molecular weight is 358 g/mol. The summed E-state index contributed by atoms with van der Waals surface area (Å²) in [4.78, 5) is 11.3. The maximum Gasteiger partial charge on any atom is 0.136 e. The first kappa shape index (κ1) is 20.0. The Morgan fingerprint density at radius 2 is 1.77 bits per heavy atom. The molecular weight excluding hydrogens is 326 g/mol.